The molecular formula is C7H15ClN2. The quantitative estimate of drug-likeness (QED) is 0.606. The van der Waals surface area contributed by atoms with E-state index in [2.05, 4.69) is 19.2 Å². The minimum atomic E-state index is 0. The largest absolute Gasteiger partial charge is 0.371 e. The molecule has 1 rings (SSSR count). The second-order valence-corrected chi connectivity index (χ2v) is 2.78. The summed E-state index contributed by atoms with van der Waals surface area (Å²) >= 11 is 0. The Labute approximate surface area is 68.3 Å². The van der Waals surface area contributed by atoms with Gasteiger partial charge in [0.1, 0.15) is 0 Å². The van der Waals surface area contributed by atoms with Gasteiger partial charge in [0.2, 0.25) is 0 Å². The van der Waals surface area contributed by atoms with Gasteiger partial charge in [-0.3, -0.25) is 5.41 Å². The number of amidine groups is 1. The highest BCUT2D eigenvalue weighted by molar-refractivity contribution is 5.85. The van der Waals surface area contributed by atoms with Gasteiger partial charge in [-0.25, -0.2) is 0 Å². The first-order valence-corrected chi connectivity index (χ1v) is 3.58. The smallest absolute Gasteiger partial charge is 0.0937 e. The Morgan fingerprint density at radius 2 is 2.30 bits per heavy atom. The zero-order valence-corrected chi connectivity index (χ0v) is 7.29. The van der Waals surface area contributed by atoms with Gasteiger partial charge in [-0.1, -0.05) is 13.3 Å². The molecule has 2 nitrogen and oxygen atoms in total. The average Bonchev–Trinajstić information content (AvgIpc) is 2.10. The molecular weight excluding hydrogens is 148 g/mol. The SMILES string of the molecule is CCC1CC(=N)NC1C.Cl. The predicted octanol–water partition coefficient (Wildman–Crippen LogP) is 1.79. The van der Waals surface area contributed by atoms with E-state index in [9.17, 15) is 0 Å². The zero-order valence-electron chi connectivity index (χ0n) is 6.48. The van der Waals surface area contributed by atoms with Crippen molar-refractivity contribution in [2.75, 3.05) is 0 Å². The first-order chi connectivity index (χ1) is 4.24. The van der Waals surface area contributed by atoms with Crippen LogP contribution in [-0.4, -0.2) is 11.9 Å². The molecule has 0 bridgehead atoms. The molecule has 0 aromatic rings. The van der Waals surface area contributed by atoms with Crippen molar-refractivity contribution in [1.82, 2.24) is 5.32 Å². The van der Waals surface area contributed by atoms with Crippen molar-refractivity contribution in [2.24, 2.45) is 5.92 Å². The fourth-order valence-corrected chi connectivity index (χ4v) is 1.39. The summed E-state index contributed by atoms with van der Waals surface area (Å²) in [4.78, 5) is 0. The van der Waals surface area contributed by atoms with Gasteiger partial charge in [0, 0.05) is 12.5 Å². The number of hydrogen-bond donors (Lipinski definition) is 2. The topological polar surface area (TPSA) is 35.9 Å². The normalized spacial score (nSPS) is 31.2. The fourth-order valence-electron chi connectivity index (χ4n) is 1.39. The average molecular weight is 163 g/mol. The van der Waals surface area contributed by atoms with Crippen LogP contribution in [0.2, 0.25) is 0 Å². The first-order valence-electron chi connectivity index (χ1n) is 3.58. The highest BCUT2D eigenvalue weighted by atomic mass is 35.5. The maximum atomic E-state index is 7.30. The van der Waals surface area contributed by atoms with Gasteiger partial charge >= 0.3 is 0 Å². The molecule has 0 saturated carbocycles. The first kappa shape index (κ1) is 9.76. The molecule has 0 aliphatic carbocycles. The third kappa shape index (κ3) is 1.87. The van der Waals surface area contributed by atoms with E-state index in [-0.39, 0.29) is 12.4 Å². The number of nitrogens with one attached hydrogen (secondary N) is 2. The summed E-state index contributed by atoms with van der Waals surface area (Å²) in [6.45, 7) is 4.33. The van der Waals surface area contributed by atoms with E-state index in [1.165, 1.54) is 6.42 Å². The van der Waals surface area contributed by atoms with Crippen molar-refractivity contribution in [2.45, 2.75) is 32.7 Å². The van der Waals surface area contributed by atoms with E-state index < -0.39 is 0 Å². The molecule has 1 fully saturated rings. The molecule has 2 unspecified atom stereocenters. The third-order valence-electron chi connectivity index (χ3n) is 2.10. The van der Waals surface area contributed by atoms with Gasteiger partial charge in [0.25, 0.3) is 0 Å². The number of halogens is 1. The van der Waals surface area contributed by atoms with Crippen molar-refractivity contribution < 1.29 is 0 Å². The molecule has 1 saturated heterocycles. The van der Waals surface area contributed by atoms with Crippen LogP contribution in [0.15, 0.2) is 0 Å². The van der Waals surface area contributed by atoms with E-state index in [0.29, 0.717) is 17.8 Å². The molecule has 0 amide bonds. The van der Waals surface area contributed by atoms with E-state index >= 15 is 0 Å². The van der Waals surface area contributed by atoms with E-state index in [1.807, 2.05) is 0 Å². The molecule has 0 spiro atoms. The zero-order chi connectivity index (χ0) is 6.85. The summed E-state index contributed by atoms with van der Waals surface area (Å²) < 4.78 is 0. The van der Waals surface area contributed by atoms with Crippen LogP contribution in [-0.2, 0) is 0 Å². The van der Waals surface area contributed by atoms with E-state index in [1.54, 1.807) is 0 Å². The third-order valence-corrected chi connectivity index (χ3v) is 2.10. The number of hydrogen-bond acceptors (Lipinski definition) is 1. The lowest BCUT2D eigenvalue weighted by Gasteiger charge is -2.09. The number of rotatable bonds is 1. The Bertz CT molecular complexity index is 125. The van der Waals surface area contributed by atoms with Crippen molar-refractivity contribution >= 4 is 18.2 Å². The summed E-state index contributed by atoms with van der Waals surface area (Å²) in [7, 11) is 0. The summed E-state index contributed by atoms with van der Waals surface area (Å²) in [5.74, 6) is 1.42. The molecule has 0 aromatic carbocycles. The Balaban J connectivity index is 0.000000810. The Kier molecular flexibility index (Phi) is 3.72. The van der Waals surface area contributed by atoms with Crippen LogP contribution >= 0.6 is 12.4 Å². The van der Waals surface area contributed by atoms with Crippen molar-refractivity contribution in [3.8, 4) is 0 Å². The Morgan fingerprint density at radius 3 is 2.50 bits per heavy atom. The van der Waals surface area contributed by atoms with Gasteiger partial charge in [-0.2, -0.15) is 0 Å². The van der Waals surface area contributed by atoms with Gasteiger partial charge in [-0.05, 0) is 12.8 Å². The lowest BCUT2D eigenvalue weighted by Crippen LogP contribution is -2.24. The molecule has 60 valence electrons. The van der Waals surface area contributed by atoms with Gasteiger partial charge in [-0.15, -0.1) is 12.4 Å². The molecule has 1 aliphatic heterocycles. The van der Waals surface area contributed by atoms with Crippen LogP contribution in [0.1, 0.15) is 26.7 Å². The van der Waals surface area contributed by atoms with Crippen LogP contribution in [0.5, 0.6) is 0 Å². The van der Waals surface area contributed by atoms with E-state index in [4.69, 9.17) is 5.41 Å². The monoisotopic (exact) mass is 162 g/mol. The molecule has 2 N–H and O–H groups in total. The summed E-state index contributed by atoms with van der Waals surface area (Å²) in [6.07, 6.45) is 2.15. The maximum absolute atomic E-state index is 7.30. The van der Waals surface area contributed by atoms with Crippen LogP contribution in [0.3, 0.4) is 0 Å². The van der Waals surface area contributed by atoms with Crippen LogP contribution < -0.4 is 5.32 Å². The molecule has 0 aromatic heterocycles. The Morgan fingerprint density at radius 1 is 1.70 bits per heavy atom. The predicted molar refractivity (Wildman–Crippen MR) is 46.0 cm³/mol. The fraction of sp³-hybridized carbons (Fsp3) is 0.857. The lowest BCUT2D eigenvalue weighted by molar-refractivity contribution is 0.463. The van der Waals surface area contributed by atoms with Crippen molar-refractivity contribution in [1.29, 1.82) is 5.41 Å². The summed E-state index contributed by atoms with van der Waals surface area (Å²) in [5, 5.41) is 10.4. The van der Waals surface area contributed by atoms with Crippen LogP contribution in [0.4, 0.5) is 0 Å². The van der Waals surface area contributed by atoms with Crippen molar-refractivity contribution in [3.05, 3.63) is 0 Å². The maximum Gasteiger partial charge on any atom is 0.0937 e. The molecule has 1 aliphatic rings. The Hall–Kier alpha value is -0.240. The second-order valence-electron chi connectivity index (χ2n) is 2.78. The standard InChI is InChI=1S/C7H14N2.ClH/c1-3-6-4-7(8)9-5(6)2;/h5-6H,3-4H2,1-2H3,(H2,8,9);1H. The van der Waals surface area contributed by atoms with Crippen LogP contribution in [0, 0.1) is 11.3 Å². The molecule has 2 atom stereocenters. The van der Waals surface area contributed by atoms with Gasteiger partial charge in [0.15, 0.2) is 0 Å². The second kappa shape index (κ2) is 3.81. The molecule has 1 heterocycles. The van der Waals surface area contributed by atoms with Crippen molar-refractivity contribution in [3.63, 3.8) is 0 Å². The highest BCUT2D eigenvalue weighted by Crippen LogP contribution is 2.18. The summed E-state index contributed by atoms with van der Waals surface area (Å²) in [5.41, 5.74) is 0. The molecule has 0 radical (unpaired) electrons. The summed E-state index contributed by atoms with van der Waals surface area (Å²) in [6, 6.07) is 0.530. The minimum Gasteiger partial charge on any atom is -0.371 e. The molecule has 3 heteroatoms. The molecule has 10 heavy (non-hydrogen) atoms. The minimum absolute atomic E-state index is 0. The lowest BCUT2D eigenvalue weighted by atomic mass is 9.99. The highest BCUT2D eigenvalue weighted by Gasteiger charge is 2.24. The van der Waals surface area contributed by atoms with E-state index in [0.717, 1.165) is 6.42 Å². The van der Waals surface area contributed by atoms with Crippen LogP contribution in [0.25, 0.3) is 0 Å². The van der Waals surface area contributed by atoms with Gasteiger partial charge in [0.05, 0.1) is 5.84 Å². The van der Waals surface area contributed by atoms with Gasteiger partial charge < -0.3 is 5.32 Å².